The average Bonchev–Trinajstić information content (AvgIpc) is 2.53. The highest BCUT2D eigenvalue weighted by atomic mass is 79.9. The minimum absolute atomic E-state index is 0.341. The molecule has 2 aromatic carbocycles. The highest BCUT2D eigenvalue weighted by molar-refractivity contribution is 9.10. The molecule has 0 amide bonds. The number of benzene rings is 2. The summed E-state index contributed by atoms with van der Waals surface area (Å²) in [4.78, 5) is 10.6. The van der Waals surface area contributed by atoms with Crippen LogP contribution in [0.15, 0.2) is 40.9 Å². The summed E-state index contributed by atoms with van der Waals surface area (Å²) in [6.07, 6.45) is 0.798. The third-order valence-corrected chi connectivity index (χ3v) is 3.59. The summed E-state index contributed by atoms with van der Waals surface area (Å²) >= 11 is 3.42. The number of methoxy groups -OCH3 is 2. The maximum Gasteiger partial charge on any atom is 0.150 e. The van der Waals surface area contributed by atoms with Gasteiger partial charge in [-0.05, 0) is 52.3 Å². The van der Waals surface area contributed by atoms with Crippen molar-refractivity contribution in [3.8, 4) is 17.2 Å². The molecule has 21 heavy (non-hydrogen) atoms. The van der Waals surface area contributed by atoms with E-state index < -0.39 is 0 Å². The van der Waals surface area contributed by atoms with Gasteiger partial charge in [0.2, 0.25) is 0 Å². The van der Waals surface area contributed by atoms with Crippen LogP contribution in [-0.2, 0) is 6.61 Å². The molecule has 0 aliphatic rings. The molecule has 0 unspecified atom stereocenters. The van der Waals surface area contributed by atoms with Gasteiger partial charge in [0.15, 0.2) is 0 Å². The number of hydrogen-bond donors (Lipinski definition) is 0. The molecule has 110 valence electrons. The quantitative estimate of drug-likeness (QED) is 0.742. The van der Waals surface area contributed by atoms with Crippen molar-refractivity contribution in [2.45, 2.75) is 6.61 Å². The number of ether oxygens (including phenoxy) is 3. The Labute approximate surface area is 131 Å². The zero-order valence-electron chi connectivity index (χ0n) is 11.8. The van der Waals surface area contributed by atoms with Crippen molar-refractivity contribution in [1.82, 2.24) is 0 Å². The molecule has 0 heterocycles. The smallest absolute Gasteiger partial charge is 0.150 e. The summed E-state index contributed by atoms with van der Waals surface area (Å²) in [5, 5.41) is 0. The lowest BCUT2D eigenvalue weighted by Gasteiger charge is -2.13. The maximum atomic E-state index is 10.6. The van der Waals surface area contributed by atoms with E-state index in [4.69, 9.17) is 14.2 Å². The Bertz CT molecular complexity index is 623. The van der Waals surface area contributed by atoms with Crippen LogP contribution in [-0.4, -0.2) is 20.5 Å². The summed E-state index contributed by atoms with van der Waals surface area (Å²) in [6, 6.07) is 10.6. The lowest BCUT2D eigenvalue weighted by molar-refractivity contribution is 0.112. The van der Waals surface area contributed by atoms with Crippen LogP contribution in [0.1, 0.15) is 15.9 Å². The maximum absolute atomic E-state index is 10.6. The largest absolute Gasteiger partial charge is 0.496 e. The summed E-state index contributed by atoms with van der Waals surface area (Å²) in [7, 11) is 3.21. The fraction of sp³-hybridized carbons (Fsp3) is 0.188. The fourth-order valence-corrected chi connectivity index (χ4v) is 2.32. The lowest BCUT2D eigenvalue weighted by Crippen LogP contribution is -2.00. The Morgan fingerprint density at radius 2 is 1.71 bits per heavy atom. The van der Waals surface area contributed by atoms with Crippen LogP contribution in [0.25, 0.3) is 0 Å². The number of aldehydes is 1. The van der Waals surface area contributed by atoms with Gasteiger partial charge in [0, 0.05) is 11.1 Å². The topological polar surface area (TPSA) is 44.8 Å². The number of carbonyl (C=O) groups is 1. The summed E-state index contributed by atoms with van der Waals surface area (Å²) < 4.78 is 17.1. The van der Waals surface area contributed by atoms with Gasteiger partial charge in [0.05, 0.1) is 18.7 Å². The first-order valence-electron chi connectivity index (χ1n) is 6.26. The molecule has 0 fully saturated rings. The molecule has 0 aliphatic carbocycles. The van der Waals surface area contributed by atoms with Gasteiger partial charge in [0.25, 0.3) is 0 Å². The summed E-state index contributed by atoms with van der Waals surface area (Å²) in [6.45, 7) is 0.341. The summed E-state index contributed by atoms with van der Waals surface area (Å²) in [5.41, 5.74) is 1.49. The van der Waals surface area contributed by atoms with Crippen LogP contribution in [0.2, 0.25) is 0 Å². The van der Waals surface area contributed by atoms with Crippen molar-refractivity contribution < 1.29 is 19.0 Å². The zero-order chi connectivity index (χ0) is 15.2. The van der Waals surface area contributed by atoms with E-state index in [0.717, 1.165) is 16.3 Å². The van der Waals surface area contributed by atoms with Crippen molar-refractivity contribution >= 4 is 22.2 Å². The lowest BCUT2D eigenvalue weighted by atomic mass is 10.2. The van der Waals surface area contributed by atoms with Gasteiger partial charge in [0.1, 0.15) is 30.1 Å². The molecule has 4 nitrogen and oxygen atoms in total. The Morgan fingerprint density at radius 3 is 2.29 bits per heavy atom. The number of carbonyl (C=O) groups excluding carboxylic acids is 1. The number of rotatable bonds is 6. The predicted molar refractivity (Wildman–Crippen MR) is 83.4 cm³/mol. The minimum atomic E-state index is 0.341. The molecule has 5 heteroatoms. The van der Waals surface area contributed by atoms with Crippen molar-refractivity contribution in [1.29, 1.82) is 0 Å². The summed E-state index contributed by atoms with van der Waals surface area (Å²) in [5.74, 6) is 2.11. The van der Waals surface area contributed by atoms with E-state index in [1.54, 1.807) is 38.5 Å². The Balaban J connectivity index is 2.16. The van der Waals surface area contributed by atoms with E-state index in [-0.39, 0.29) is 0 Å². The van der Waals surface area contributed by atoms with Crippen molar-refractivity contribution in [2.75, 3.05) is 14.2 Å². The monoisotopic (exact) mass is 350 g/mol. The first-order valence-corrected chi connectivity index (χ1v) is 7.05. The van der Waals surface area contributed by atoms with E-state index in [2.05, 4.69) is 15.9 Å². The first-order chi connectivity index (χ1) is 10.2. The van der Waals surface area contributed by atoms with Crippen LogP contribution in [0, 0.1) is 0 Å². The van der Waals surface area contributed by atoms with E-state index in [9.17, 15) is 4.79 Å². The molecule has 0 saturated heterocycles. The van der Waals surface area contributed by atoms with Gasteiger partial charge in [-0.15, -0.1) is 0 Å². The molecule has 0 atom stereocenters. The predicted octanol–water partition coefficient (Wildman–Crippen LogP) is 3.86. The normalized spacial score (nSPS) is 10.0. The van der Waals surface area contributed by atoms with E-state index >= 15 is 0 Å². The molecule has 2 rings (SSSR count). The number of halogens is 1. The second kappa shape index (κ2) is 7.13. The minimum Gasteiger partial charge on any atom is -0.496 e. The van der Waals surface area contributed by atoms with Gasteiger partial charge >= 0.3 is 0 Å². The Kier molecular flexibility index (Phi) is 5.22. The van der Waals surface area contributed by atoms with Gasteiger partial charge in [-0.25, -0.2) is 0 Å². The molecule has 2 aromatic rings. The van der Waals surface area contributed by atoms with Crippen LogP contribution >= 0.6 is 15.9 Å². The SMILES string of the molecule is COc1cc(COc2ccc(C=O)cc2)c(OC)cc1Br. The van der Waals surface area contributed by atoms with E-state index in [1.165, 1.54) is 0 Å². The first kappa shape index (κ1) is 15.4. The van der Waals surface area contributed by atoms with Crippen molar-refractivity contribution in [3.05, 3.63) is 52.0 Å². The highest BCUT2D eigenvalue weighted by Gasteiger charge is 2.10. The van der Waals surface area contributed by atoms with Gasteiger partial charge < -0.3 is 14.2 Å². The van der Waals surface area contributed by atoms with Crippen LogP contribution in [0.5, 0.6) is 17.2 Å². The van der Waals surface area contributed by atoms with Crippen LogP contribution in [0.4, 0.5) is 0 Å². The van der Waals surface area contributed by atoms with Crippen molar-refractivity contribution in [3.63, 3.8) is 0 Å². The second-order valence-corrected chi connectivity index (χ2v) is 5.13. The molecule has 0 saturated carbocycles. The molecular formula is C16H15BrO4. The zero-order valence-corrected chi connectivity index (χ0v) is 13.3. The van der Waals surface area contributed by atoms with Gasteiger partial charge in [-0.2, -0.15) is 0 Å². The third-order valence-electron chi connectivity index (χ3n) is 2.97. The Hall–Kier alpha value is -2.01. The standard InChI is InChI=1S/C16H15BrO4/c1-19-15-8-14(17)16(20-2)7-12(15)10-21-13-5-3-11(9-18)4-6-13/h3-9H,10H2,1-2H3. The van der Waals surface area contributed by atoms with Gasteiger partial charge in [-0.3, -0.25) is 4.79 Å². The van der Waals surface area contributed by atoms with Gasteiger partial charge in [-0.1, -0.05) is 0 Å². The van der Waals surface area contributed by atoms with E-state index in [0.29, 0.717) is 29.4 Å². The average molecular weight is 351 g/mol. The molecule has 0 aliphatic heterocycles. The van der Waals surface area contributed by atoms with E-state index in [1.807, 2.05) is 12.1 Å². The second-order valence-electron chi connectivity index (χ2n) is 4.27. The highest BCUT2D eigenvalue weighted by Crippen LogP contribution is 2.33. The number of hydrogen-bond acceptors (Lipinski definition) is 4. The molecule has 0 aromatic heterocycles. The van der Waals surface area contributed by atoms with Crippen LogP contribution in [0.3, 0.4) is 0 Å². The molecule has 0 N–H and O–H groups in total. The molecule has 0 radical (unpaired) electrons. The molecule has 0 spiro atoms. The fourth-order valence-electron chi connectivity index (χ4n) is 1.84. The third kappa shape index (κ3) is 3.76. The van der Waals surface area contributed by atoms with Crippen LogP contribution < -0.4 is 14.2 Å². The Morgan fingerprint density at radius 1 is 1.05 bits per heavy atom. The molecule has 0 bridgehead atoms. The van der Waals surface area contributed by atoms with Crippen molar-refractivity contribution in [2.24, 2.45) is 0 Å². The molecular weight excluding hydrogens is 336 g/mol.